The highest BCUT2D eigenvalue weighted by molar-refractivity contribution is 5.77. The van der Waals surface area contributed by atoms with Crippen LogP contribution >= 0.6 is 0 Å². The first-order valence-corrected chi connectivity index (χ1v) is 7.42. The van der Waals surface area contributed by atoms with Crippen molar-refractivity contribution in [3.63, 3.8) is 0 Å². The fraction of sp³-hybridized carbons (Fsp3) is 0.118. The molecule has 3 aromatic rings. The molecule has 24 heavy (non-hydrogen) atoms. The van der Waals surface area contributed by atoms with E-state index in [0.717, 1.165) is 22.6 Å². The van der Waals surface area contributed by atoms with Gasteiger partial charge in [0.05, 0.1) is 7.11 Å². The van der Waals surface area contributed by atoms with Crippen molar-refractivity contribution in [3.05, 3.63) is 71.6 Å². The summed E-state index contributed by atoms with van der Waals surface area (Å²) < 4.78 is 20.3. The molecule has 0 saturated heterocycles. The molecule has 0 spiro atoms. The van der Waals surface area contributed by atoms with Crippen molar-refractivity contribution in [3.8, 4) is 5.75 Å². The molecule has 0 saturated carbocycles. The number of halogens is 1. The van der Waals surface area contributed by atoms with Crippen molar-refractivity contribution in [1.29, 1.82) is 0 Å². The topological polar surface area (TPSA) is 64.9 Å². The van der Waals surface area contributed by atoms with E-state index in [4.69, 9.17) is 4.74 Å². The first-order valence-electron chi connectivity index (χ1n) is 7.42. The van der Waals surface area contributed by atoms with Crippen molar-refractivity contribution in [2.45, 2.75) is 6.04 Å². The Labute approximate surface area is 137 Å². The predicted octanol–water partition coefficient (Wildman–Crippen LogP) is 2.88. The smallest absolute Gasteiger partial charge is 0.248 e. The van der Waals surface area contributed by atoms with Crippen LogP contribution in [0.4, 0.5) is 10.3 Å². The zero-order valence-electron chi connectivity index (χ0n) is 12.8. The van der Waals surface area contributed by atoms with E-state index >= 15 is 0 Å². The Morgan fingerprint density at radius 2 is 1.92 bits per heavy atom. The SMILES string of the molecule is COc1ccccc1[C@@H]1C=C(c2ccc(F)cc2)Nc2nnnn21. The third kappa shape index (κ3) is 2.40. The second-order valence-electron chi connectivity index (χ2n) is 5.35. The van der Waals surface area contributed by atoms with Crippen LogP contribution in [0.15, 0.2) is 54.6 Å². The minimum Gasteiger partial charge on any atom is -0.496 e. The predicted molar refractivity (Wildman–Crippen MR) is 86.9 cm³/mol. The van der Waals surface area contributed by atoms with E-state index in [0.29, 0.717) is 5.95 Å². The normalized spacial score (nSPS) is 16.1. The summed E-state index contributed by atoms with van der Waals surface area (Å²) in [5, 5.41) is 15.0. The molecule has 2 heterocycles. The summed E-state index contributed by atoms with van der Waals surface area (Å²) in [5.41, 5.74) is 2.61. The highest BCUT2D eigenvalue weighted by Crippen LogP contribution is 2.35. The van der Waals surface area contributed by atoms with Gasteiger partial charge >= 0.3 is 0 Å². The number of benzene rings is 2. The highest BCUT2D eigenvalue weighted by atomic mass is 19.1. The minimum atomic E-state index is -0.277. The summed E-state index contributed by atoms with van der Waals surface area (Å²) in [6.07, 6.45) is 1.99. The lowest BCUT2D eigenvalue weighted by molar-refractivity contribution is 0.403. The molecule has 1 aliphatic heterocycles. The Balaban J connectivity index is 1.83. The number of para-hydroxylation sites is 1. The molecule has 0 radical (unpaired) electrons. The van der Waals surface area contributed by atoms with E-state index in [1.807, 2.05) is 30.3 Å². The van der Waals surface area contributed by atoms with Gasteiger partial charge in [-0.3, -0.25) is 0 Å². The Bertz CT molecular complexity index is 903. The van der Waals surface area contributed by atoms with Gasteiger partial charge in [0.25, 0.3) is 0 Å². The second-order valence-corrected chi connectivity index (χ2v) is 5.35. The number of ether oxygens (including phenoxy) is 1. The molecule has 6 nitrogen and oxygen atoms in total. The molecular weight excluding hydrogens is 309 g/mol. The van der Waals surface area contributed by atoms with E-state index < -0.39 is 0 Å². The van der Waals surface area contributed by atoms with Gasteiger partial charge in [0.2, 0.25) is 5.95 Å². The number of nitrogens with one attached hydrogen (secondary N) is 1. The van der Waals surface area contributed by atoms with E-state index in [1.165, 1.54) is 12.1 Å². The van der Waals surface area contributed by atoms with E-state index in [-0.39, 0.29) is 11.9 Å². The minimum absolute atomic E-state index is 0.229. The maximum absolute atomic E-state index is 13.2. The first kappa shape index (κ1) is 14.4. The molecule has 120 valence electrons. The molecule has 0 unspecified atom stereocenters. The van der Waals surface area contributed by atoms with Gasteiger partial charge in [-0.15, -0.1) is 0 Å². The lowest BCUT2D eigenvalue weighted by atomic mass is 10.0. The fourth-order valence-corrected chi connectivity index (χ4v) is 2.78. The fourth-order valence-electron chi connectivity index (χ4n) is 2.78. The maximum atomic E-state index is 13.2. The first-order chi connectivity index (χ1) is 11.8. The van der Waals surface area contributed by atoms with Crippen LogP contribution in [-0.2, 0) is 0 Å². The zero-order chi connectivity index (χ0) is 16.5. The van der Waals surface area contributed by atoms with Crippen LogP contribution in [-0.4, -0.2) is 27.3 Å². The molecule has 0 bridgehead atoms. The lowest BCUT2D eigenvalue weighted by Crippen LogP contribution is -2.20. The quantitative estimate of drug-likeness (QED) is 0.803. The van der Waals surface area contributed by atoms with Crippen molar-refractivity contribution < 1.29 is 9.13 Å². The van der Waals surface area contributed by atoms with E-state index in [1.54, 1.807) is 23.9 Å². The molecule has 2 aromatic carbocycles. The average Bonchev–Trinajstić information content (AvgIpc) is 3.10. The van der Waals surface area contributed by atoms with Gasteiger partial charge in [0.1, 0.15) is 17.6 Å². The number of hydrogen-bond donors (Lipinski definition) is 1. The van der Waals surface area contributed by atoms with Gasteiger partial charge in [0, 0.05) is 11.3 Å². The van der Waals surface area contributed by atoms with Gasteiger partial charge < -0.3 is 10.1 Å². The van der Waals surface area contributed by atoms with Crippen LogP contribution in [0.1, 0.15) is 17.2 Å². The molecule has 7 heteroatoms. The van der Waals surface area contributed by atoms with Crippen LogP contribution in [0.25, 0.3) is 5.70 Å². The van der Waals surface area contributed by atoms with Crippen molar-refractivity contribution >= 4 is 11.6 Å². The summed E-state index contributed by atoms with van der Waals surface area (Å²) in [6.45, 7) is 0. The molecule has 0 fully saturated rings. The molecule has 1 aliphatic rings. The van der Waals surface area contributed by atoms with Crippen LogP contribution in [0.5, 0.6) is 5.75 Å². The largest absolute Gasteiger partial charge is 0.496 e. The average molecular weight is 323 g/mol. The Morgan fingerprint density at radius 3 is 2.71 bits per heavy atom. The summed E-state index contributed by atoms with van der Waals surface area (Å²) in [5.74, 6) is 0.995. The summed E-state index contributed by atoms with van der Waals surface area (Å²) in [4.78, 5) is 0. The maximum Gasteiger partial charge on any atom is 0.248 e. The Kier molecular flexibility index (Phi) is 3.45. The number of anilines is 1. The van der Waals surface area contributed by atoms with Crippen molar-refractivity contribution in [2.24, 2.45) is 0 Å². The number of hydrogen-bond acceptors (Lipinski definition) is 5. The van der Waals surface area contributed by atoms with E-state index in [2.05, 4.69) is 20.8 Å². The van der Waals surface area contributed by atoms with Gasteiger partial charge in [-0.05, 0) is 52.4 Å². The van der Waals surface area contributed by atoms with E-state index in [9.17, 15) is 4.39 Å². The lowest BCUT2D eigenvalue weighted by Gasteiger charge is -2.24. The van der Waals surface area contributed by atoms with Crippen LogP contribution in [0.3, 0.4) is 0 Å². The number of methoxy groups -OCH3 is 1. The van der Waals surface area contributed by atoms with Gasteiger partial charge in [0.15, 0.2) is 0 Å². The van der Waals surface area contributed by atoms with Crippen molar-refractivity contribution in [2.75, 3.05) is 12.4 Å². The summed E-state index contributed by atoms with van der Waals surface area (Å²) in [7, 11) is 1.63. The Hall–Kier alpha value is -3.22. The molecule has 1 N–H and O–H groups in total. The third-order valence-corrected chi connectivity index (χ3v) is 3.94. The Morgan fingerprint density at radius 1 is 1.12 bits per heavy atom. The molecule has 0 amide bonds. The van der Waals surface area contributed by atoms with Crippen LogP contribution in [0, 0.1) is 5.82 Å². The molecule has 0 aliphatic carbocycles. The van der Waals surface area contributed by atoms with Crippen molar-refractivity contribution in [1.82, 2.24) is 20.2 Å². The zero-order valence-corrected chi connectivity index (χ0v) is 12.8. The molecule has 4 rings (SSSR count). The van der Waals surface area contributed by atoms with Gasteiger partial charge in [-0.1, -0.05) is 23.3 Å². The number of nitrogens with zero attached hydrogens (tertiary/aromatic N) is 4. The summed E-state index contributed by atoms with van der Waals surface area (Å²) in [6, 6.07) is 13.8. The number of allylic oxidation sites excluding steroid dienone is 1. The molecular formula is C17H14FN5O. The number of fused-ring (bicyclic) bond motifs is 1. The number of tetrazole rings is 1. The van der Waals surface area contributed by atoms with Crippen LogP contribution in [0.2, 0.25) is 0 Å². The molecule has 1 atom stereocenters. The van der Waals surface area contributed by atoms with Gasteiger partial charge in [-0.2, -0.15) is 4.68 Å². The third-order valence-electron chi connectivity index (χ3n) is 3.94. The summed E-state index contributed by atoms with van der Waals surface area (Å²) >= 11 is 0. The molecule has 1 aromatic heterocycles. The number of rotatable bonds is 3. The highest BCUT2D eigenvalue weighted by Gasteiger charge is 2.26. The van der Waals surface area contributed by atoms with Gasteiger partial charge in [-0.25, -0.2) is 4.39 Å². The monoisotopic (exact) mass is 323 g/mol. The van der Waals surface area contributed by atoms with Crippen LogP contribution < -0.4 is 10.1 Å². The second kappa shape index (κ2) is 5.77. The number of aromatic nitrogens is 4. The standard InChI is InChI=1S/C17H14FN5O/c1-24-16-5-3-2-4-13(16)15-10-14(11-6-8-12(18)9-7-11)19-17-20-21-22-23(15)17/h2-10,15H,1H3,(H,19,20,22)/t15-/m0/s1.